The van der Waals surface area contributed by atoms with Gasteiger partial charge in [0.25, 0.3) is 0 Å². The molecule has 4 rings (SSSR count). The second-order valence-electron chi connectivity index (χ2n) is 7.40. The highest BCUT2D eigenvalue weighted by Gasteiger charge is 2.22. The molecule has 0 bridgehead atoms. The molecule has 7 heteroatoms. The van der Waals surface area contributed by atoms with E-state index < -0.39 is 0 Å². The largest absolute Gasteiger partial charge is 0.492 e. The van der Waals surface area contributed by atoms with Gasteiger partial charge in [-0.3, -0.25) is 9.36 Å². The third-order valence-corrected chi connectivity index (χ3v) is 6.03. The summed E-state index contributed by atoms with van der Waals surface area (Å²) < 4.78 is 8.02. The van der Waals surface area contributed by atoms with Crippen LogP contribution in [0.25, 0.3) is 5.69 Å². The average molecular weight is 423 g/mol. The Bertz CT molecular complexity index is 1010. The SMILES string of the molecule is CC(=O)c1ccccc1OCCSc1nnc(N2CCCC2)n1-c1ccc(C)cc1. The first-order valence-electron chi connectivity index (χ1n) is 10.3. The van der Waals surface area contributed by atoms with Gasteiger partial charge in [0, 0.05) is 18.8 Å². The highest BCUT2D eigenvalue weighted by atomic mass is 32.2. The number of benzene rings is 2. The molecule has 0 atom stereocenters. The van der Waals surface area contributed by atoms with Crippen LogP contribution in [0, 0.1) is 6.92 Å². The van der Waals surface area contributed by atoms with Crippen molar-refractivity contribution in [3.05, 3.63) is 59.7 Å². The number of Topliss-reactive ketones (excluding diaryl/α,β-unsaturated/α-hetero) is 1. The summed E-state index contributed by atoms with van der Waals surface area (Å²) in [7, 11) is 0. The Morgan fingerprint density at radius 1 is 1.07 bits per heavy atom. The van der Waals surface area contributed by atoms with Crippen LogP contribution in [-0.4, -0.2) is 46.0 Å². The summed E-state index contributed by atoms with van der Waals surface area (Å²) in [6.07, 6.45) is 2.37. The predicted octanol–water partition coefficient (Wildman–Crippen LogP) is 4.55. The van der Waals surface area contributed by atoms with Crippen molar-refractivity contribution in [2.75, 3.05) is 30.3 Å². The molecule has 2 heterocycles. The number of ketones is 1. The van der Waals surface area contributed by atoms with Crippen LogP contribution in [-0.2, 0) is 0 Å². The smallest absolute Gasteiger partial charge is 0.232 e. The van der Waals surface area contributed by atoms with E-state index in [2.05, 4.69) is 50.9 Å². The molecule has 6 nitrogen and oxygen atoms in total. The van der Waals surface area contributed by atoms with Crippen molar-refractivity contribution in [3.63, 3.8) is 0 Å². The Kier molecular flexibility index (Phi) is 6.38. The summed E-state index contributed by atoms with van der Waals surface area (Å²) in [5, 5.41) is 9.83. The van der Waals surface area contributed by atoms with Gasteiger partial charge >= 0.3 is 0 Å². The Morgan fingerprint density at radius 3 is 2.53 bits per heavy atom. The Balaban J connectivity index is 1.49. The number of carbonyl (C=O) groups excluding carboxylic acids is 1. The second kappa shape index (κ2) is 9.34. The maximum atomic E-state index is 11.8. The molecule has 0 unspecified atom stereocenters. The molecule has 1 fully saturated rings. The number of rotatable bonds is 8. The van der Waals surface area contributed by atoms with Gasteiger partial charge in [0.05, 0.1) is 17.9 Å². The predicted molar refractivity (Wildman–Crippen MR) is 120 cm³/mol. The van der Waals surface area contributed by atoms with Crippen LogP contribution in [0.2, 0.25) is 0 Å². The lowest BCUT2D eigenvalue weighted by atomic mass is 10.1. The van der Waals surface area contributed by atoms with Gasteiger partial charge in [-0.15, -0.1) is 10.2 Å². The van der Waals surface area contributed by atoms with Gasteiger partial charge in [0.15, 0.2) is 10.9 Å². The van der Waals surface area contributed by atoms with Crippen LogP contribution < -0.4 is 9.64 Å². The van der Waals surface area contributed by atoms with Gasteiger partial charge in [0.2, 0.25) is 5.95 Å². The summed E-state index contributed by atoms with van der Waals surface area (Å²) in [6.45, 7) is 6.15. The molecule has 0 amide bonds. The van der Waals surface area contributed by atoms with Crippen LogP contribution in [0.5, 0.6) is 5.75 Å². The molecule has 0 spiro atoms. The van der Waals surface area contributed by atoms with Gasteiger partial charge in [-0.05, 0) is 51.0 Å². The molecule has 3 aromatic rings. The third-order valence-electron chi connectivity index (χ3n) is 5.14. The van der Waals surface area contributed by atoms with E-state index in [1.807, 2.05) is 18.2 Å². The van der Waals surface area contributed by atoms with E-state index in [4.69, 9.17) is 4.74 Å². The molecular weight excluding hydrogens is 396 g/mol. The molecule has 1 aliphatic rings. The molecular formula is C23H26N4O2S. The average Bonchev–Trinajstić information content (AvgIpc) is 3.42. The van der Waals surface area contributed by atoms with Gasteiger partial charge in [-0.1, -0.05) is 41.6 Å². The summed E-state index contributed by atoms with van der Waals surface area (Å²) in [5.74, 6) is 2.24. The molecule has 1 saturated heterocycles. The highest BCUT2D eigenvalue weighted by Crippen LogP contribution is 2.29. The van der Waals surface area contributed by atoms with Crippen LogP contribution >= 0.6 is 11.8 Å². The normalized spacial score (nSPS) is 13.6. The fourth-order valence-electron chi connectivity index (χ4n) is 3.57. The zero-order chi connectivity index (χ0) is 20.9. The number of ether oxygens (including phenoxy) is 1. The second-order valence-corrected chi connectivity index (χ2v) is 8.46. The zero-order valence-electron chi connectivity index (χ0n) is 17.4. The van der Waals surface area contributed by atoms with E-state index in [0.717, 1.165) is 29.9 Å². The van der Waals surface area contributed by atoms with E-state index in [-0.39, 0.29) is 5.78 Å². The Hall–Kier alpha value is -2.80. The van der Waals surface area contributed by atoms with Crippen molar-refractivity contribution >= 4 is 23.5 Å². The van der Waals surface area contributed by atoms with Crippen LogP contribution in [0.3, 0.4) is 0 Å². The minimum Gasteiger partial charge on any atom is -0.492 e. The summed E-state index contributed by atoms with van der Waals surface area (Å²) in [5.41, 5.74) is 2.90. The van der Waals surface area contributed by atoms with Crippen LogP contribution in [0.4, 0.5) is 5.95 Å². The highest BCUT2D eigenvalue weighted by molar-refractivity contribution is 7.99. The molecule has 30 heavy (non-hydrogen) atoms. The van der Waals surface area contributed by atoms with E-state index in [1.165, 1.54) is 18.4 Å². The van der Waals surface area contributed by atoms with Crippen molar-refractivity contribution in [2.24, 2.45) is 0 Å². The first-order chi connectivity index (χ1) is 14.6. The summed E-state index contributed by atoms with van der Waals surface area (Å²) in [6, 6.07) is 15.8. The number of aromatic nitrogens is 3. The van der Waals surface area contributed by atoms with E-state index in [1.54, 1.807) is 24.8 Å². The van der Waals surface area contributed by atoms with Crippen molar-refractivity contribution in [3.8, 4) is 11.4 Å². The Morgan fingerprint density at radius 2 is 1.80 bits per heavy atom. The minimum atomic E-state index is 0.00706. The number of aryl methyl sites for hydroxylation is 1. The lowest BCUT2D eigenvalue weighted by Crippen LogP contribution is -2.22. The van der Waals surface area contributed by atoms with E-state index >= 15 is 0 Å². The standard InChI is InChI=1S/C23H26N4O2S/c1-17-9-11-19(12-10-17)27-22(26-13-5-6-14-26)24-25-23(27)30-16-15-29-21-8-4-3-7-20(21)18(2)28/h3-4,7-12H,5-6,13-16H2,1-2H3. The molecule has 2 aromatic carbocycles. The number of para-hydroxylation sites is 1. The molecule has 0 saturated carbocycles. The first kappa shape index (κ1) is 20.5. The number of thioether (sulfide) groups is 1. The topological polar surface area (TPSA) is 60.2 Å². The minimum absolute atomic E-state index is 0.00706. The molecule has 0 aliphatic carbocycles. The van der Waals surface area contributed by atoms with Crippen LogP contribution in [0.15, 0.2) is 53.7 Å². The molecule has 1 aliphatic heterocycles. The fraction of sp³-hybridized carbons (Fsp3) is 0.348. The van der Waals surface area contributed by atoms with Gasteiger partial charge in [-0.2, -0.15) is 0 Å². The fourth-order valence-corrected chi connectivity index (χ4v) is 4.33. The third kappa shape index (κ3) is 4.51. The number of anilines is 1. The summed E-state index contributed by atoms with van der Waals surface area (Å²) >= 11 is 1.61. The molecule has 0 radical (unpaired) electrons. The van der Waals surface area contributed by atoms with Gasteiger partial charge in [-0.25, -0.2) is 0 Å². The van der Waals surface area contributed by atoms with Gasteiger partial charge in [0.1, 0.15) is 5.75 Å². The van der Waals surface area contributed by atoms with E-state index in [0.29, 0.717) is 23.7 Å². The number of carbonyl (C=O) groups is 1. The van der Waals surface area contributed by atoms with E-state index in [9.17, 15) is 4.79 Å². The quantitative estimate of drug-likeness (QED) is 0.302. The van der Waals surface area contributed by atoms with Gasteiger partial charge < -0.3 is 9.64 Å². The van der Waals surface area contributed by atoms with Crippen molar-refractivity contribution in [1.29, 1.82) is 0 Å². The number of hydrogen-bond donors (Lipinski definition) is 0. The number of hydrogen-bond acceptors (Lipinski definition) is 6. The lowest BCUT2D eigenvalue weighted by molar-refractivity contribution is 0.101. The monoisotopic (exact) mass is 422 g/mol. The summed E-state index contributed by atoms with van der Waals surface area (Å²) in [4.78, 5) is 14.1. The zero-order valence-corrected chi connectivity index (χ0v) is 18.2. The molecule has 156 valence electrons. The number of nitrogens with zero attached hydrogens (tertiary/aromatic N) is 4. The van der Waals surface area contributed by atoms with Crippen molar-refractivity contribution < 1.29 is 9.53 Å². The maximum absolute atomic E-state index is 11.8. The van der Waals surface area contributed by atoms with Crippen LogP contribution in [0.1, 0.15) is 35.7 Å². The Labute approximate surface area is 181 Å². The van der Waals surface area contributed by atoms with Crippen molar-refractivity contribution in [1.82, 2.24) is 14.8 Å². The lowest BCUT2D eigenvalue weighted by Gasteiger charge is -2.18. The molecule has 0 N–H and O–H groups in total. The van der Waals surface area contributed by atoms with Crippen molar-refractivity contribution in [2.45, 2.75) is 31.8 Å². The first-order valence-corrected chi connectivity index (χ1v) is 11.2. The maximum Gasteiger partial charge on any atom is 0.232 e. The molecule has 1 aromatic heterocycles.